The van der Waals surface area contributed by atoms with Crippen LogP contribution in [-0.4, -0.2) is 24.2 Å². The van der Waals surface area contributed by atoms with Gasteiger partial charge >= 0.3 is 0 Å². The second-order valence-corrected chi connectivity index (χ2v) is 5.56. The number of furan rings is 1. The summed E-state index contributed by atoms with van der Waals surface area (Å²) in [5.41, 5.74) is 0.707. The molecule has 25 heavy (non-hydrogen) atoms. The first kappa shape index (κ1) is 17.0. The summed E-state index contributed by atoms with van der Waals surface area (Å²) in [6.45, 7) is -0.0423. The summed E-state index contributed by atoms with van der Waals surface area (Å²) in [6.07, 6.45) is -0.522. The SMILES string of the molecule is O=C(COc1ccccc1F)NCC[C@H](O)c1cc2ccccc2o1. The molecule has 1 atom stereocenters. The molecule has 0 radical (unpaired) electrons. The van der Waals surface area contributed by atoms with Crippen LogP contribution in [0.4, 0.5) is 4.39 Å². The molecule has 3 rings (SSSR count). The van der Waals surface area contributed by atoms with Crippen LogP contribution in [0.3, 0.4) is 0 Å². The minimum atomic E-state index is -0.819. The summed E-state index contributed by atoms with van der Waals surface area (Å²) in [5.74, 6) is -0.423. The third-order valence-corrected chi connectivity index (χ3v) is 3.71. The standard InChI is InChI=1S/C19H18FNO4/c20-14-6-2-4-8-17(14)24-12-19(23)21-10-9-15(22)18-11-13-5-1-3-7-16(13)25-18/h1-8,11,15,22H,9-10,12H2,(H,21,23)/t15-/m0/s1. The Labute approximate surface area is 144 Å². The number of ether oxygens (including phenoxy) is 1. The molecule has 1 heterocycles. The van der Waals surface area contributed by atoms with E-state index in [0.717, 1.165) is 5.39 Å². The zero-order chi connectivity index (χ0) is 17.6. The maximum Gasteiger partial charge on any atom is 0.257 e. The van der Waals surface area contributed by atoms with Gasteiger partial charge in [-0.15, -0.1) is 0 Å². The summed E-state index contributed by atoms with van der Waals surface area (Å²) < 4.78 is 24.1. The van der Waals surface area contributed by atoms with Crippen molar-refractivity contribution in [3.8, 4) is 5.75 Å². The van der Waals surface area contributed by atoms with E-state index in [0.29, 0.717) is 17.8 Å². The van der Waals surface area contributed by atoms with Crippen LogP contribution < -0.4 is 10.1 Å². The molecule has 2 N–H and O–H groups in total. The summed E-state index contributed by atoms with van der Waals surface area (Å²) in [4.78, 5) is 11.7. The number of benzene rings is 2. The van der Waals surface area contributed by atoms with Crippen LogP contribution in [0, 0.1) is 5.82 Å². The van der Waals surface area contributed by atoms with Crippen molar-refractivity contribution in [3.05, 3.63) is 66.2 Å². The fourth-order valence-corrected chi connectivity index (χ4v) is 2.41. The van der Waals surface area contributed by atoms with E-state index in [4.69, 9.17) is 9.15 Å². The van der Waals surface area contributed by atoms with Gasteiger partial charge in [-0.2, -0.15) is 0 Å². The number of carbonyl (C=O) groups is 1. The van der Waals surface area contributed by atoms with E-state index in [2.05, 4.69) is 5.32 Å². The zero-order valence-electron chi connectivity index (χ0n) is 13.4. The fourth-order valence-electron chi connectivity index (χ4n) is 2.41. The van der Waals surface area contributed by atoms with Crippen molar-refractivity contribution in [2.75, 3.05) is 13.2 Å². The molecule has 0 saturated carbocycles. The Morgan fingerprint density at radius 3 is 2.76 bits per heavy atom. The van der Waals surface area contributed by atoms with E-state index >= 15 is 0 Å². The number of hydrogen-bond donors (Lipinski definition) is 2. The molecule has 2 aromatic carbocycles. The van der Waals surface area contributed by atoms with Crippen molar-refractivity contribution in [2.45, 2.75) is 12.5 Å². The highest BCUT2D eigenvalue weighted by Crippen LogP contribution is 2.25. The Balaban J connectivity index is 1.44. The highest BCUT2D eigenvalue weighted by atomic mass is 19.1. The molecule has 0 fully saturated rings. The number of rotatable bonds is 7. The van der Waals surface area contributed by atoms with Gasteiger partial charge in [0.25, 0.3) is 5.91 Å². The Morgan fingerprint density at radius 2 is 1.96 bits per heavy atom. The molecule has 3 aromatic rings. The Kier molecular flexibility index (Phi) is 5.30. The van der Waals surface area contributed by atoms with E-state index in [1.54, 1.807) is 18.2 Å². The number of fused-ring (bicyclic) bond motifs is 1. The third kappa shape index (κ3) is 4.36. The van der Waals surface area contributed by atoms with E-state index in [-0.39, 0.29) is 24.8 Å². The van der Waals surface area contributed by atoms with Crippen LogP contribution in [-0.2, 0) is 4.79 Å². The molecule has 0 aliphatic heterocycles. The van der Waals surface area contributed by atoms with Crippen molar-refractivity contribution in [1.29, 1.82) is 0 Å². The summed E-state index contributed by atoms with van der Waals surface area (Å²) in [5, 5.41) is 13.7. The van der Waals surface area contributed by atoms with Crippen molar-refractivity contribution in [1.82, 2.24) is 5.32 Å². The van der Waals surface area contributed by atoms with Crippen molar-refractivity contribution < 1.29 is 23.4 Å². The molecule has 6 heteroatoms. The van der Waals surface area contributed by atoms with Gasteiger partial charge in [0.15, 0.2) is 18.2 Å². The van der Waals surface area contributed by atoms with Crippen LogP contribution in [0.2, 0.25) is 0 Å². The van der Waals surface area contributed by atoms with Gasteiger partial charge in [0.2, 0.25) is 0 Å². The van der Waals surface area contributed by atoms with Crippen LogP contribution in [0.15, 0.2) is 59.0 Å². The molecule has 0 spiro atoms. The van der Waals surface area contributed by atoms with Crippen molar-refractivity contribution in [3.63, 3.8) is 0 Å². The highest BCUT2D eigenvalue weighted by molar-refractivity contribution is 5.78. The van der Waals surface area contributed by atoms with Gasteiger partial charge in [0.1, 0.15) is 17.4 Å². The number of hydrogen-bond acceptors (Lipinski definition) is 4. The van der Waals surface area contributed by atoms with Gasteiger partial charge < -0.3 is 19.6 Å². The van der Waals surface area contributed by atoms with Gasteiger partial charge in [-0.1, -0.05) is 30.3 Å². The van der Waals surface area contributed by atoms with Gasteiger partial charge in [0, 0.05) is 11.9 Å². The highest BCUT2D eigenvalue weighted by Gasteiger charge is 2.14. The molecule has 0 bridgehead atoms. The quantitative estimate of drug-likeness (QED) is 0.691. The minimum absolute atomic E-state index is 0.0277. The first-order valence-electron chi connectivity index (χ1n) is 7.94. The Morgan fingerprint density at radius 1 is 1.20 bits per heavy atom. The topological polar surface area (TPSA) is 71.7 Å². The summed E-state index contributed by atoms with van der Waals surface area (Å²) in [7, 11) is 0. The van der Waals surface area contributed by atoms with Crippen molar-refractivity contribution in [2.24, 2.45) is 0 Å². The predicted molar refractivity (Wildman–Crippen MR) is 90.7 cm³/mol. The molecule has 1 amide bonds. The predicted octanol–water partition coefficient (Wildman–Crippen LogP) is 3.19. The number of nitrogens with one attached hydrogen (secondary N) is 1. The maximum absolute atomic E-state index is 13.4. The van der Waals surface area contributed by atoms with Crippen molar-refractivity contribution >= 4 is 16.9 Å². The first-order valence-corrected chi connectivity index (χ1v) is 7.94. The van der Waals surface area contributed by atoms with Crippen LogP contribution in [0.25, 0.3) is 11.0 Å². The third-order valence-electron chi connectivity index (χ3n) is 3.71. The van der Waals surface area contributed by atoms with Crippen LogP contribution in [0.5, 0.6) is 5.75 Å². The molecule has 0 aliphatic rings. The smallest absolute Gasteiger partial charge is 0.257 e. The molecule has 0 saturated heterocycles. The Hall–Kier alpha value is -2.86. The van der Waals surface area contributed by atoms with Gasteiger partial charge in [-0.3, -0.25) is 4.79 Å². The molecular formula is C19H18FNO4. The maximum atomic E-state index is 13.4. The second kappa shape index (κ2) is 7.81. The molecule has 1 aromatic heterocycles. The number of aliphatic hydroxyl groups is 1. The normalized spacial score (nSPS) is 12.1. The lowest BCUT2D eigenvalue weighted by atomic mass is 10.2. The number of aliphatic hydroxyl groups excluding tert-OH is 1. The fraction of sp³-hybridized carbons (Fsp3) is 0.211. The lowest BCUT2D eigenvalue weighted by Crippen LogP contribution is -2.30. The molecule has 0 aliphatic carbocycles. The second-order valence-electron chi connectivity index (χ2n) is 5.56. The van der Waals surface area contributed by atoms with Gasteiger partial charge in [-0.05, 0) is 30.7 Å². The summed E-state index contributed by atoms with van der Waals surface area (Å²) in [6, 6.07) is 15.1. The average Bonchev–Trinajstić information content (AvgIpc) is 3.05. The molecule has 5 nitrogen and oxygen atoms in total. The lowest BCUT2D eigenvalue weighted by molar-refractivity contribution is -0.123. The average molecular weight is 343 g/mol. The molecule has 0 unspecified atom stereocenters. The minimum Gasteiger partial charge on any atom is -0.481 e. The summed E-state index contributed by atoms with van der Waals surface area (Å²) >= 11 is 0. The van der Waals surface area contributed by atoms with Gasteiger partial charge in [-0.25, -0.2) is 4.39 Å². The number of carbonyl (C=O) groups excluding carboxylic acids is 1. The number of halogens is 1. The molecular weight excluding hydrogens is 325 g/mol. The van der Waals surface area contributed by atoms with E-state index in [1.807, 2.05) is 24.3 Å². The monoisotopic (exact) mass is 343 g/mol. The Bertz CT molecular complexity index is 828. The number of para-hydroxylation sites is 2. The van der Waals surface area contributed by atoms with E-state index < -0.39 is 11.9 Å². The first-order chi connectivity index (χ1) is 12.1. The van der Waals surface area contributed by atoms with E-state index in [1.165, 1.54) is 12.1 Å². The van der Waals surface area contributed by atoms with Crippen LogP contribution in [0.1, 0.15) is 18.3 Å². The van der Waals surface area contributed by atoms with Crippen LogP contribution >= 0.6 is 0 Å². The van der Waals surface area contributed by atoms with E-state index in [9.17, 15) is 14.3 Å². The zero-order valence-corrected chi connectivity index (χ0v) is 13.4. The number of amides is 1. The molecule has 130 valence electrons. The lowest BCUT2D eigenvalue weighted by Gasteiger charge is -2.10. The van der Waals surface area contributed by atoms with Gasteiger partial charge in [0.05, 0.1) is 0 Å². The largest absolute Gasteiger partial charge is 0.481 e.